The Labute approximate surface area is 119 Å². The van der Waals surface area contributed by atoms with Crippen molar-refractivity contribution < 1.29 is 0 Å². The molecule has 0 unspecified atom stereocenters. The highest BCUT2D eigenvalue weighted by Crippen LogP contribution is 2.22. The largest absolute Gasteiger partial charge is 0.366 e. The van der Waals surface area contributed by atoms with Crippen LogP contribution in [0.25, 0.3) is 0 Å². The molecule has 0 fully saturated rings. The summed E-state index contributed by atoms with van der Waals surface area (Å²) in [4.78, 5) is 2.29. The van der Waals surface area contributed by atoms with Gasteiger partial charge in [-0.1, -0.05) is 41.9 Å². The fourth-order valence-electron chi connectivity index (χ4n) is 2.21. The summed E-state index contributed by atoms with van der Waals surface area (Å²) in [7, 11) is 0. The molecule has 0 aliphatic carbocycles. The van der Waals surface area contributed by atoms with Gasteiger partial charge in [0.25, 0.3) is 0 Å². The summed E-state index contributed by atoms with van der Waals surface area (Å²) in [6.07, 6.45) is 0. The standard InChI is InChI=1S/C16H19ClN2/c1-13-5-2-3-8-16(13)19(10-9-18)12-14-6-4-7-15(17)11-14/h2-8,11H,9-10,12,18H2,1H3. The summed E-state index contributed by atoms with van der Waals surface area (Å²) in [6, 6.07) is 16.3. The molecule has 0 aromatic heterocycles. The molecule has 0 atom stereocenters. The van der Waals surface area contributed by atoms with E-state index in [1.165, 1.54) is 16.8 Å². The van der Waals surface area contributed by atoms with Crippen molar-refractivity contribution in [2.45, 2.75) is 13.5 Å². The van der Waals surface area contributed by atoms with Crippen molar-refractivity contribution in [1.29, 1.82) is 0 Å². The van der Waals surface area contributed by atoms with Crippen LogP contribution in [-0.2, 0) is 6.54 Å². The van der Waals surface area contributed by atoms with Crippen molar-refractivity contribution in [2.24, 2.45) is 5.73 Å². The van der Waals surface area contributed by atoms with Crippen molar-refractivity contribution in [3.8, 4) is 0 Å². The molecule has 19 heavy (non-hydrogen) atoms. The van der Waals surface area contributed by atoms with Gasteiger partial charge in [-0.15, -0.1) is 0 Å². The van der Waals surface area contributed by atoms with Gasteiger partial charge in [-0.25, -0.2) is 0 Å². The first kappa shape index (κ1) is 13.9. The van der Waals surface area contributed by atoms with Crippen LogP contribution in [0.1, 0.15) is 11.1 Å². The molecule has 0 heterocycles. The molecule has 0 bridgehead atoms. The van der Waals surface area contributed by atoms with Crippen LogP contribution >= 0.6 is 11.6 Å². The molecule has 0 aliphatic heterocycles. The second kappa shape index (κ2) is 6.60. The molecule has 0 amide bonds. The van der Waals surface area contributed by atoms with E-state index in [9.17, 15) is 0 Å². The summed E-state index contributed by atoms with van der Waals surface area (Å²) < 4.78 is 0. The van der Waals surface area contributed by atoms with E-state index < -0.39 is 0 Å². The first-order chi connectivity index (χ1) is 9.20. The Balaban J connectivity index is 2.24. The van der Waals surface area contributed by atoms with Gasteiger partial charge in [0.1, 0.15) is 0 Å². The zero-order chi connectivity index (χ0) is 13.7. The highest BCUT2D eigenvalue weighted by atomic mass is 35.5. The number of halogens is 1. The molecule has 0 aliphatic rings. The van der Waals surface area contributed by atoms with E-state index >= 15 is 0 Å². The predicted molar refractivity (Wildman–Crippen MR) is 82.7 cm³/mol. The molecule has 0 saturated heterocycles. The van der Waals surface area contributed by atoms with Crippen LogP contribution in [0.2, 0.25) is 5.02 Å². The Bertz CT molecular complexity index is 540. The molecule has 3 heteroatoms. The third-order valence-electron chi connectivity index (χ3n) is 3.12. The molecule has 2 nitrogen and oxygen atoms in total. The Hall–Kier alpha value is -1.51. The lowest BCUT2D eigenvalue weighted by Crippen LogP contribution is -2.29. The number of para-hydroxylation sites is 1. The number of rotatable bonds is 5. The monoisotopic (exact) mass is 274 g/mol. The summed E-state index contributed by atoms with van der Waals surface area (Å²) in [6.45, 7) is 4.41. The number of nitrogens with two attached hydrogens (primary N) is 1. The minimum absolute atomic E-state index is 0.634. The molecule has 0 saturated carbocycles. The molecule has 0 radical (unpaired) electrons. The van der Waals surface area contributed by atoms with Crippen LogP contribution in [0.3, 0.4) is 0 Å². The Morgan fingerprint density at radius 1 is 1.11 bits per heavy atom. The average molecular weight is 275 g/mol. The highest BCUT2D eigenvalue weighted by Gasteiger charge is 2.09. The van der Waals surface area contributed by atoms with Gasteiger partial charge < -0.3 is 10.6 Å². The topological polar surface area (TPSA) is 29.3 Å². The Kier molecular flexibility index (Phi) is 4.83. The number of aryl methyl sites for hydroxylation is 1. The van der Waals surface area contributed by atoms with Gasteiger partial charge in [0.05, 0.1) is 0 Å². The van der Waals surface area contributed by atoms with E-state index in [2.05, 4.69) is 42.2 Å². The number of nitrogens with zero attached hydrogens (tertiary/aromatic N) is 1. The molecule has 2 rings (SSSR count). The number of benzene rings is 2. The van der Waals surface area contributed by atoms with Crippen molar-refractivity contribution in [3.63, 3.8) is 0 Å². The van der Waals surface area contributed by atoms with Gasteiger partial charge in [-0.3, -0.25) is 0 Å². The summed E-state index contributed by atoms with van der Waals surface area (Å²) in [5.74, 6) is 0. The lowest BCUT2D eigenvalue weighted by Gasteiger charge is -2.26. The molecule has 2 aromatic rings. The third-order valence-corrected chi connectivity index (χ3v) is 3.35. The van der Waals surface area contributed by atoms with Crippen molar-refractivity contribution in [1.82, 2.24) is 0 Å². The second-order valence-corrected chi connectivity index (χ2v) is 5.06. The second-order valence-electron chi connectivity index (χ2n) is 4.63. The molecule has 100 valence electrons. The van der Waals surface area contributed by atoms with E-state index in [1.54, 1.807) is 0 Å². The Morgan fingerprint density at radius 2 is 1.89 bits per heavy atom. The maximum atomic E-state index is 6.04. The van der Waals surface area contributed by atoms with Crippen molar-refractivity contribution in [2.75, 3.05) is 18.0 Å². The van der Waals surface area contributed by atoms with E-state index in [1.807, 2.05) is 18.2 Å². The fourth-order valence-corrected chi connectivity index (χ4v) is 2.43. The maximum absolute atomic E-state index is 6.04. The Morgan fingerprint density at radius 3 is 2.58 bits per heavy atom. The smallest absolute Gasteiger partial charge is 0.0430 e. The lowest BCUT2D eigenvalue weighted by molar-refractivity contribution is 0.787. The first-order valence-corrected chi connectivity index (χ1v) is 6.83. The molecule has 2 aromatic carbocycles. The van der Waals surface area contributed by atoms with Gasteiger partial charge >= 0.3 is 0 Å². The maximum Gasteiger partial charge on any atom is 0.0430 e. The zero-order valence-corrected chi connectivity index (χ0v) is 11.9. The highest BCUT2D eigenvalue weighted by molar-refractivity contribution is 6.30. The van der Waals surface area contributed by atoms with Crippen LogP contribution in [0, 0.1) is 6.92 Å². The van der Waals surface area contributed by atoms with Crippen LogP contribution in [0.5, 0.6) is 0 Å². The molecular formula is C16H19ClN2. The quantitative estimate of drug-likeness (QED) is 0.902. The SMILES string of the molecule is Cc1ccccc1N(CCN)Cc1cccc(Cl)c1. The van der Waals surface area contributed by atoms with E-state index in [0.29, 0.717) is 6.54 Å². The molecular weight excluding hydrogens is 256 g/mol. The summed E-state index contributed by atoms with van der Waals surface area (Å²) >= 11 is 6.04. The van der Waals surface area contributed by atoms with Crippen LogP contribution in [-0.4, -0.2) is 13.1 Å². The minimum atomic E-state index is 0.634. The van der Waals surface area contributed by atoms with Gasteiger partial charge in [0, 0.05) is 30.3 Å². The third kappa shape index (κ3) is 3.72. The van der Waals surface area contributed by atoms with E-state index in [4.69, 9.17) is 17.3 Å². The first-order valence-electron chi connectivity index (χ1n) is 6.46. The zero-order valence-electron chi connectivity index (χ0n) is 11.1. The molecule has 0 spiro atoms. The number of anilines is 1. The normalized spacial score (nSPS) is 10.5. The van der Waals surface area contributed by atoms with Gasteiger partial charge in [-0.2, -0.15) is 0 Å². The van der Waals surface area contributed by atoms with Crippen LogP contribution in [0.4, 0.5) is 5.69 Å². The van der Waals surface area contributed by atoms with Crippen molar-refractivity contribution in [3.05, 3.63) is 64.7 Å². The average Bonchev–Trinajstić information content (AvgIpc) is 2.39. The fraction of sp³-hybridized carbons (Fsp3) is 0.250. The molecule has 2 N–H and O–H groups in total. The van der Waals surface area contributed by atoms with Gasteiger partial charge in [0.15, 0.2) is 0 Å². The van der Waals surface area contributed by atoms with E-state index in [-0.39, 0.29) is 0 Å². The number of hydrogen-bond acceptors (Lipinski definition) is 2. The predicted octanol–water partition coefficient (Wildman–Crippen LogP) is 3.61. The number of hydrogen-bond donors (Lipinski definition) is 1. The minimum Gasteiger partial charge on any atom is -0.366 e. The van der Waals surface area contributed by atoms with Crippen molar-refractivity contribution >= 4 is 17.3 Å². The summed E-state index contributed by atoms with van der Waals surface area (Å²) in [5, 5.41) is 0.773. The van der Waals surface area contributed by atoms with Crippen LogP contribution < -0.4 is 10.6 Å². The van der Waals surface area contributed by atoms with E-state index in [0.717, 1.165) is 18.1 Å². The lowest BCUT2D eigenvalue weighted by atomic mass is 10.1. The summed E-state index contributed by atoms with van der Waals surface area (Å²) in [5.41, 5.74) is 9.42. The van der Waals surface area contributed by atoms with Gasteiger partial charge in [0.2, 0.25) is 0 Å². The van der Waals surface area contributed by atoms with Crippen LogP contribution in [0.15, 0.2) is 48.5 Å². The van der Waals surface area contributed by atoms with Gasteiger partial charge in [-0.05, 0) is 36.2 Å².